The van der Waals surface area contributed by atoms with Gasteiger partial charge in [-0.2, -0.15) is 10.4 Å². The fourth-order valence-electron chi connectivity index (χ4n) is 4.00. The van der Waals surface area contributed by atoms with Crippen molar-refractivity contribution in [2.45, 2.75) is 13.8 Å². The van der Waals surface area contributed by atoms with E-state index in [1.54, 1.807) is 0 Å². The van der Waals surface area contributed by atoms with E-state index in [-0.39, 0.29) is 0 Å². The Morgan fingerprint density at radius 3 is 2.16 bits per heavy atom. The van der Waals surface area contributed by atoms with Gasteiger partial charge in [0.2, 0.25) is 0 Å². The van der Waals surface area contributed by atoms with Gasteiger partial charge in [-0.15, -0.1) is 0 Å². The fourth-order valence-corrected chi connectivity index (χ4v) is 4.13. The van der Waals surface area contributed by atoms with E-state index in [9.17, 15) is 5.26 Å². The third-order valence-corrected chi connectivity index (χ3v) is 5.81. The van der Waals surface area contributed by atoms with E-state index >= 15 is 0 Å². The summed E-state index contributed by atoms with van der Waals surface area (Å²) >= 11 is 6.12. The van der Waals surface area contributed by atoms with E-state index in [0.29, 0.717) is 21.9 Å². The SMILES string of the molecule is Cc1ccc(-c2c(C#N)c(-c3ccc(Cl)cc3)nc3c2c(C)nn3-c2ccccc2)cc1. The van der Waals surface area contributed by atoms with Crippen LogP contribution in [-0.4, -0.2) is 14.8 Å². The van der Waals surface area contributed by atoms with Crippen molar-refractivity contribution in [3.05, 3.63) is 101 Å². The lowest BCUT2D eigenvalue weighted by Gasteiger charge is -2.13. The van der Waals surface area contributed by atoms with Gasteiger partial charge in [-0.05, 0) is 43.7 Å². The largest absolute Gasteiger partial charge is 0.226 e. The Morgan fingerprint density at radius 2 is 1.50 bits per heavy atom. The highest BCUT2D eigenvalue weighted by molar-refractivity contribution is 6.30. The van der Waals surface area contributed by atoms with Crippen LogP contribution < -0.4 is 0 Å². The van der Waals surface area contributed by atoms with E-state index in [0.717, 1.165) is 39.0 Å². The predicted molar refractivity (Wildman–Crippen MR) is 129 cm³/mol. The molecule has 0 atom stereocenters. The van der Waals surface area contributed by atoms with Gasteiger partial charge in [0.25, 0.3) is 0 Å². The zero-order chi connectivity index (χ0) is 22.2. The summed E-state index contributed by atoms with van der Waals surface area (Å²) < 4.78 is 1.85. The number of hydrogen-bond acceptors (Lipinski definition) is 3. The summed E-state index contributed by atoms with van der Waals surface area (Å²) in [5.41, 5.74) is 7.40. The van der Waals surface area contributed by atoms with Crippen LogP contribution in [0.5, 0.6) is 0 Å². The van der Waals surface area contributed by atoms with Crippen LogP contribution in [0.15, 0.2) is 78.9 Å². The molecule has 5 heteroatoms. The minimum Gasteiger partial charge on any atom is -0.226 e. The summed E-state index contributed by atoms with van der Waals surface area (Å²) in [5, 5.41) is 16.6. The molecule has 2 heterocycles. The van der Waals surface area contributed by atoms with E-state index in [2.05, 4.69) is 37.3 Å². The molecule has 5 aromatic rings. The minimum atomic E-state index is 0.527. The first-order valence-corrected chi connectivity index (χ1v) is 10.7. The number of halogens is 1. The van der Waals surface area contributed by atoms with Crippen molar-refractivity contribution in [3.63, 3.8) is 0 Å². The van der Waals surface area contributed by atoms with Gasteiger partial charge in [0.15, 0.2) is 5.65 Å². The summed E-state index contributed by atoms with van der Waals surface area (Å²) in [4.78, 5) is 4.98. The molecule has 0 spiro atoms. The summed E-state index contributed by atoms with van der Waals surface area (Å²) in [7, 11) is 0. The maximum atomic E-state index is 10.3. The number of nitrogens with zero attached hydrogens (tertiary/aromatic N) is 4. The van der Waals surface area contributed by atoms with Gasteiger partial charge in [0.05, 0.1) is 28.0 Å². The monoisotopic (exact) mass is 434 g/mol. The van der Waals surface area contributed by atoms with Gasteiger partial charge in [-0.25, -0.2) is 9.67 Å². The molecule has 4 nitrogen and oxygen atoms in total. The number of pyridine rings is 1. The number of nitriles is 1. The second-order valence-electron chi connectivity index (χ2n) is 7.73. The molecule has 0 aliphatic rings. The van der Waals surface area contributed by atoms with Gasteiger partial charge in [0, 0.05) is 16.1 Å². The number of aryl methyl sites for hydroxylation is 2. The van der Waals surface area contributed by atoms with Crippen LogP contribution in [-0.2, 0) is 0 Å². The standard InChI is InChI=1S/C27H19ClN4/c1-17-8-10-19(11-9-17)25-23(16-29)26(20-12-14-21(28)15-13-20)30-27-24(25)18(2)31-32(27)22-6-4-3-5-7-22/h3-15H,1-2H3. The average molecular weight is 435 g/mol. The van der Waals surface area contributed by atoms with Crippen molar-refractivity contribution < 1.29 is 0 Å². The Kier molecular flexibility index (Phi) is 4.97. The van der Waals surface area contributed by atoms with Gasteiger partial charge in [0.1, 0.15) is 6.07 Å². The van der Waals surface area contributed by atoms with Crippen LogP contribution in [0.3, 0.4) is 0 Å². The Hall–Kier alpha value is -3.94. The second-order valence-corrected chi connectivity index (χ2v) is 8.16. The van der Waals surface area contributed by atoms with E-state index < -0.39 is 0 Å². The summed E-state index contributed by atoms with van der Waals surface area (Å²) in [6.07, 6.45) is 0. The van der Waals surface area contributed by atoms with Crippen molar-refractivity contribution in [1.82, 2.24) is 14.8 Å². The molecule has 32 heavy (non-hydrogen) atoms. The molecule has 0 bridgehead atoms. The molecule has 0 saturated heterocycles. The molecule has 0 fully saturated rings. The van der Waals surface area contributed by atoms with E-state index in [4.69, 9.17) is 21.7 Å². The normalized spacial score (nSPS) is 10.9. The smallest absolute Gasteiger partial charge is 0.164 e. The van der Waals surface area contributed by atoms with Crippen LogP contribution >= 0.6 is 11.6 Å². The lowest BCUT2D eigenvalue weighted by molar-refractivity contribution is 0.878. The Balaban J connectivity index is 1.93. The second kappa shape index (κ2) is 7.96. The highest BCUT2D eigenvalue weighted by Crippen LogP contribution is 2.39. The van der Waals surface area contributed by atoms with Crippen molar-refractivity contribution in [2.75, 3.05) is 0 Å². The number of para-hydroxylation sites is 1. The maximum absolute atomic E-state index is 10.3. The number of hydrogen-bond donors (Lipinski definition) is 0. The fraction of sp³-hybridized carbons (Fsp3) is 0.0741. The van der Waals surface area contributed by atoms with E-state index in [1.165, 1.54) is 0 Å². The topological polar surface area (TPSA) is 54.5 Å². The van der Waals surface area contributed by atoms with Gasteiger partial charge in [-0.1, -0.05) is 71.8 Å². The molecular formula is C27H19ClN4. The lowest BCUT2D eigenvalue weighted by Crippen LogP contribution is -2.01. The molecule has 0 aliphatic heterocycles. The zero-order valence-electron chi connectivity index (χ0n) is 17.7. The molecule has 0 unspecified atom stereocenters. The van der Waals surface area contributed by atoms with Crippen LogP contribution in [0.1, 0.15) is 16.8 Å². The first-order valence-electron chi connectivity index (χ1n) is 10.3. The van der Waals surface area contributed by atoms with Crippen LogP contribution in [0.2, 0.25) is 5.02 Å². The molecule has 0 radical (unpaired) electrons. The Bertz CT molecular complexity index is 1480. The molecule has 3 aromatic carbocycles. The van der Waals surface area contributed by atoms with Crippen molar-refractivity contribution in [3.8, 4) is 34.1 Å². The molecule has 0 N–H and O–H groups in total. The molecule has 5 rings (SSSR count). The summed E-state index contributed by atoms with van der Waals surface area (Å²) in [5.74, 6) is 0. The van der Waals surface area contributed by atoms with Crippen molar-refractivity contribution >= 4 is 22.6 Å². The summed E-state index contributed by atoms with van der Waals surface area (Å²) in [6, 6.07) is 28.0. The van der Waals surface area contributed by atoms with Crippen LogP contribution in [0, 0.1) is 25.2 Å². The highest BCUT2D eigenvalue weighted by Gasteiger charge is 2.23. The van der Waals surface area contributed by atoms with Crippen LogP contribution in [0.4, 0.5) is 0 Å². The zero-order valence-corrected chi connectivity index (χ0v) is 18.4. The average Bonchev–Trinajstić information content (AvgIpc) is 3.15. The number of rotatable bonds is 3. The first-order chi connectivity index (χ1) is 15.6. The quantitative estimate of drug-likeness (QED) is 0.310. The number of benzene rings is 3. The number of aromatic nitrogens is 3. The van der Waals surface area contributed by atoms with E-state index in [1.807, 2.05) is 66.2 Å². The van der Waals surface area contributed by atoms with Crippen molar-refractivity contribution in [1.29, 1.82) is 5.26 Å². The molecular weight excluding hydrogens is 416 g/mol. The maximum Gasteiger partial charge on any atom is 0.164 e. The first kappa shape index (κ1) is 20.0. The van der Waals surface area contributed by atoms with Crippen molar-refractivity contribution in [2.24, 2.45) is 0 Å². The molecule has 0 saturated carbocycles. The summed E-state index contributed by atoms with van der Waals surface area (Å²) in [6.45, 7) is 4.01. The van der Waals surface area contributed by atoms with Gasteiger partial charge in [-0.3, -0.25) is 0 Å². The molecule has 0 aliphatic carbocycles. The van der Waals surface area contributed by atoms with Gasteiger partial charge < -0.3 is 0 Å². The third-order valence-electron chi connectivity index (χ3n) is 5.56. The third kappa shape index (κ3) is 3.33. The predicted octanol–water partition coefficient (Wildman–Crippen LogP) is 6.90. The highest BCUT2D eigenvalue weighted by atomic mass is 35.5. The molecule has 0 amide bonds. The van der Waals surface area contributed by atoms with Gasteiger partial charge >= 0.3 is 0 Å². The Labute approximate surface area is 191 Å². The van der Waals surface area contributed by atoms with Crippen LogP contribution in [0.25, 0.3) is 39.1 Å². The lowest BCUT2D eigenvalue weighted by atomic mass is 9.93. The Morgan fingerprint density at radius 1 is 0.844 bits per heavy atom. The number of fused-ring (bicyclic) bond motifs is 1. The minimum absolute atomic E-state index is 0.527. The molecule has 154 valence electrons. The molecule has 2 aromatic heterocycles.